The van der Waals surface area contributed by atoms with Crippen LogP contribution < -0.4 is 10.0 Å². The number of halogens is 1. The molecule has 4 fully saturated rings. The molecule has 0 aromatic carbocycles. The second-order valence-electron chi connectivity index (χ2n) is 10.6. The molecule has 0 radical (unpaired) electrons. The molecule has 3 heterocycles. The average molecular weight is 555 g/mol. The predicted molar refractivity (Wildman–Crippen MR) is 142 cm³/mol. The smallest absolute Gasteiger partial charge is 0.242 e. The van der Waals surface area contributed by atoms with E-state index in [-0.39, 0.29) is 24.4 Å². The number of thiophene rings is 1. The number of piperidine rings is 2. The second-order valence-corrected chi connectivity index (χ2v) is 13.9. The van der Waals surface area contributed by atoms with Gasteiger partial charge in [0.2, 0.25) is 21.8 Å². The van der Waals surface area contributed by atoms with E-state index in [4.69, 9.17) is 11.6 Å². The topological polar surface area (TPSA) is 98.8 Å². The molecule has 0 spiro atoms. The molecule has 1 aromatic rings. The lowest BCUT2D eigenvalue weighted by atomic mass is 9.95. The van der Waals surface area contributed by atoms with Crippen LogP contribution in [0.5, 0.6) is 0 Å². The monoisotopic (exact) mass is 554 g/mol. The number of nitrogens with one attached hydrogen (secondary N) is 2. The van der Waals surface area contributed by atoms with Gasteiger partial charge in [-0.1, -0.05) is 30.9 Å². The van der Waals surface area contributed by atoms with E-state index in [0.29, 0.717) is 46.5 Å². The van der Waals surface area contributed by atoms with E-state index in [1.165, 1.54) is 60.8 Å². The van der Waals surface area contributed by atoms with E-state index in [0.717, 1.165) is 18.5 Å². The first kappa shape index (κ1) is 26.2. The molecule has 36 heavy (non-hydrogen) atoms. The van der Waals surface area contributed by atoms with Gasteiger partial charge >= 0.3 is 0 Å². The molecule has 4 atom stereocenters. The van der Waals surface area contributed by atoms with Crippen molar-refractivity contribution in [3.8, 4) is 0 Å². The lowest BCUT2D eigenvalue weighted by Gasteiger charge is -2.35. The van der Waals surface area contributed by atoms with Crippen molar-refractivity contribution in [1.82, 2.24) is 19.8 Å². The SMILES string of the molecule is O=C1[C@@H](NS(=O)(=O)C=Cc2ccc(Cl)s2)CCCN1CC(=O)N1CC2CC2C1CNC1CCCCC1. The molecule has 2 saturated carbocycles. The normalized spacial score (nSPS) is 29.2. The summed E-state index contributed by atoms with van der Waals surface area (Å²) in [5, 5.41) is 4.77. The zero-order valence-corrected chi connectivity index (χ0v) is 22.8. The zero-order chi connectivity index (χ0) is 25.3. The summed E-state index contributed by atoms with van der Waals surface area (Å²) in [6.07, 6.45) is 10.0. The maximum absolute atomic E-state index is 13.3. The highest BCUT2D eigenvalue weighted by Crippen LogP contribution is 2.49. The maximum atomic E-state index is 13.3. The number of hydrogen-bond acceptors (Lipinski definition) is 6. The fraction of sp³-hybridized carbons (Fsp3) is 0.680. The lowest BCUT2D eigenvalue weighted by molar-refractivity contribution is -0.143. The molecule has 2 aliphatic heterocycles. The molecule has 198 valence electrons. The lowest BCUT2D eigenvalue weighted by Crippen LogP contribution is -2.55. The molecule has 11 heteroatoms. The molecule has 5 rings (SSSR count). The molecule has 2 saturated heterocycles. The highest BCUT2D eigenvalue weighted by atomic mass is 35.5. The number of fused-ring (bicyclic) bond motifs is 1. The molecular formula is C25H35ClN4O4S2. The number of likely N-dealkylation sites (tertiary alicyclic amines) is 2. The van der Waals surface area contributed by atoms with Gasteiger partial charge in [-0.2, -0.15) is 4.72 Å². The summed E-state index contributed by atoms with van der Waals surface area (Å²) in [4.78, 5) is 30.6. The summed E-state index contributed by atoms with van der Waals surface area (Å²) in [6, 6.07) is 3.33. The Balaban J connectivity index is 1.15. The maximum Gasteiger partial charge on any atom is 0.242 e. The quantitative estimate of drug-likeness (QED) is 0.489. The van der Waals surface area contributed by atoms with Crippen LogP contribution in [0.1, 0.15) is 56.2 Å². The largest absolute Gasteiger partial charge is 0.336 e. The van der Waals surface area contributed by atoms with Gasteiger partial charge in [-0.25, -0.2) is 8.42 Å². The van der Waals surface area contributed by atoms with Crippen LogP contribution >= 0.6 is 22.9 Å². The molecular weight excluding hydrogens is 520 g/mol. The minimum atomic E-state index is -3.82. The summed E-state index contributed by atoms with van der Waals surface area (Å²) in [5.41, 5.74) is 0. The van der Waals surface area contributed by atoms with Gasteiger partial charge in [-0.05, 0) is 62.1 Å². The van der Waals surface area contributed by atoms with E-state index in [9.17, 15) is 18.0 Å². The van der Waals surface area contributed by atoms with E-state index >= 15 is 0 Å². The third-order valence-corrected chi connectivity index (χ3v) is 10.3. The standard InChI is InChI=1S/C25H35ClN4O4S2/c26-23-9-8-19(35-23)10-12-36(33,34)28-21-7-4-11-29(25(21)32)16-24(31)30-15-17-13-20(17)22(30)14-27-18-5-2-1-3-6-18/h8-10,12,17-18,20-22,27-28H,1-7,11,13-16H2/t17?,20?,21-,22?/m0/s1. The van der Waals surface area contributed by atoms with Crippen LogP contribution in [0.2, 0.25) is 4.34 Å². The van der Waals surface area contributed by atoms with Crippen LogP contribution in [0.15, 0.2) is 17.5 Å². The number of carbonyl (C=O) groups is 2. The Morgan fingerprint density at radius 2 is 1.97 bits per heavy atom. The van der Waals surface area contributed by atoms with Gasteiger partial charge in [0.05, 0.1) is 10.9 Å². The fourth-order valence-electron chi connectivity index (χ4n) is 5.99. The molecule has 8 nitrogen and oxygen atoms in total. The Morgan fingerprint density at radius 1 is 1.17 bits per heavy atom. The fourth-order valence-corrected chi connectivity index (χ4v) is 8.06. The Bertz CT molecular complexity index is 1100. The van der Waals surface area contributed by atoms with Gasteiger partial charge < -0.3 is 15.1 Å². The van der Waals surface area contributed by atoms with Crippen molar-refractivity contribution in [1.29, 1.82) is 0 Å². The molecule has 4 aliphatic rings. The van der Waals surface area contributed by atoms with Crippen LogP contribution in [0.4, 0.5) is 0 Å². The van der Waals surface area contributed by atoms with Crippen LogP contribution in [0.25, 0.3) is 6.08 Å². The molecule has 3 unspecified atom stereocenters. The number of hydrogen-bond donors (Lipinski definition) is 2. The van der Waals surface area contributed by atoms with Crippen molar-refractivity contribution in [2.45, 2.75) is 69.5 Å². The summed E-state index contributed by atoms with van der Waals surface area (Å²) >= 11 is 7.17. The van der Waals surface area contributed by atoms with Gasteiger partial charge in [-0.15, -0.1) is 11.3 Å². The zero-order valence-electron chi connectivity index (χ0n) is 20.4. The Hall–Kier alpha value is -1.46. The minimum absolute atomic E-state index is 0.0139. The molecule has 1 aromatic heterocycles. The van der Waals surface area contributed by atoms with Crippen molar-refractivity contribution in [3.63, 3.8) is 0 Å². The van der Waals surface area contributed by atoms with Gasteiger partial charge in [-0.3, -0.25) is 9.59 Å². The van der Waals surface area contributed by atoms with Gasteiger partial charge in [0.25, 0.3) is 0 Å². The highest BCUT2D eigenvalue weighted by Gasteiger charge is 2.53. The Morgan fingerprint density at radius 3 is 2.72 bits per heavy atom. The summed E-state index contributed by atoms with van der Waals surface area (Å²) < 4.78 is 28.2. The first-order valence-electron chi connectivity index (χ1n) is 13.1. The first-order valence-corrected chi connectivity index (χ1v) is 15.8. The third kappa shape index (κ3) is 6.32. The van der Waals surface area contributed by atoms with Crippen LogP contribution in [-0.2, 0) is 19.6 Å². The summed E-state index contributed by atoms with van der Waals surface area (Å²) in [7, 11) is -3.82. The number of rotatable bonds is 9. The average Bonchev–Trinajstić information content (AvgIpc) is 3.34. The van der Waals surface area contributed by atoms with Crippen molar-refractivity contribution < 1.29 is 18.0 Å². The predicted octanol–water partition coefficient (Wildman–Crippen LogP) is 3.05. The van der Waals surface area contributed by atoms with Crippen molar-refractivity contribution in [2.75, 3.05) is 26.2 Å². The molecule has 2 amide bonds. The number of nitrogens with zero attached hydrogens (tertiary/aromatic N) is 2. The van der Waals surface area contributed by atoms with Crippen LogP contribution in [-0.4, -0.2) is 74.3 Å². The number of sulfonamides is 1. The van der Waals surface area contributed by atoms with Gasteiger partial charge in [0.1, 0.15) is 6.04 Å². The summed E-state index contributed by atoms with van der Waals surface area (Å²) in [5.74, 6) is 0.816. The van der Waals surface area contributed by atoms with E-state index in [1.807, 2.05) is 4.90 Å². The number of amides is 2. The Labute approximate surface area is 222 Å². The van der Waals surface area contributed by atoms with Gasteiger partial charge in [0.15, 0.2) is 0 Å². The summed E-state index contributed by atoms with van der Waals surface area (Å²) in [6.45, 7) is 2.09. The second kappa shape index (κ2) is 11.1. The van der Waals surface area contributed by atoms with E-state index < -0.39 is 16.1 Å². The minimum Gasteiger partial charge on any atom is -0.336 e. The van der Waals surface area contributed by atoms with Crippen LogP contribution in [0.3, 0.4) is 0 Å². The van der Waals surface area contributed by atoms with Gasteiger partial charge in [0, 0.05) is 42.0 Å². The van der Waals surface area contributed by atoms with Crippen molar-refractivity contribution in [3.05, 3.63) is 26.8 Å². The highest BCUT2D eigenvalue weighted by molar-refractivity contribution is 7.92. The van der Waals surface area contributed by atoms with E-state index in [2.05, 4.69) is 10.0 Å². The first-order chi connectivity index (χ1) is 17.3. The number of carbonyl (C=O) groups excluding carboxylic acids is 2. The van der Waals surface area contributed by atoms with E-state index in [1.54, 1.807) is 12.1 Å². The molecule has 0 bridgehead atoms. The van der Waals surface area contributed by atoms with Crippen molar-refractivity contribution >= 4 is 50.9 Å². The Kier molecular flexibility index (Phi) is 8.07. The molecule has 2 aliphatic carbocycles. The molecule has 2 N–H and O–H groups in total. The third-order valence-electron chi connectivity index (χ3n) is 8.01. The van der Waals surface area contributed by atoms with Crippen molar-refractivity contribution in [2.24, 2.45) is 11.8 Å². The van der Waals surface area contributed by atoms with Crippen LogP contribution in [0, 0.1) is 11.8 Å².